The van der Waals surface area contributed by atoms with Crippen molar-refractivity contribution < 1.29 is 26.9 Å². The molecule has 9 heteroatoms. The van der Waals surface area contributed by atoms with Crippen molar-refractivity contribution in [1.82, 2.24) is 0 Å². The zero-order valence-corrected chi connectivity index (χ0v) is 23.2. The van der Waals surface area contributed by atoms with Crippen LogP contribution in [0.3, 0.4) is 0 Å². The average molecular weight is 620 g/mol. The molecule has 1 atom stereocenters. The summed E-state index contributed by atoms with van der Waals surface area (Å²) < 4.78 is 22.2. The van der Waals surface area contributed by atoms with E-state index >= 15 is 0 Å². The lowest BCUT2D eigenvalue weighted by atomic mass is 9.95. The van der Waals surface area contributed by atoms with E-state index in [1.54, 1.807) is 23.0 Å². The van der Waals surface area contributed by atoms with Gasteiger partial charge in [0.1, 0.15) is 42.0 Å². The van der Waals surface area contributed by atoms with E-state index in [4.69, 9.17) is 17.3 Å². The van der Waals surface area contributed by atoms with Crippen LogP contribution >= 0.6 is 23.0 Å². The molecule has 2 N–H and O–H groups in total. The summed E-state index contributed by atoms with van der Waals surface area (Å²) in [6.07, 6.45) is 5.23. The summed E-state index contributed by atoms with van der Waals surface area (Å²) in [5, 5.41) is 0. The lowest BCUT2D eigenvalue weighted by Crippen LogP contribution is -2.39. The number of hydrazine groups is 1. The van der Waals surface area contributed by atoms with E-state index in [-0.39, 0.29) is 31.6 Å². The monoisotopic (exact) mass is 620 g/mol. The van der Waals surface area contributed by atoms with E-state index in [2.05, 4.69) is 17.8 Å². The van der Waals surface area contributed by atoms with Crippen molar-refractivity contribution in [3.05, 3.63) is 65.2 Å². The molecular formula is C28H33IN2O6. The zero-order chi connectivity index (χ0) is 26.1. The maximum atomic E-state index is 12.5. The third-order valence-corrected chi connectivity index (χ3v) is 6.86. The van der Waals surface area contributed by atoms with Crippen LogP contribution in [0, 0.1) is 6.92 Å². The zero-order valence-electron chi connectivity index (χ0n) is 21.0. The number of cyclic esters (lactones) is 1. The number of nitrogens with one attached hydrogen (secondary N) is 2. The summed E-state index contributed by atoms with van der Waals surface area (Å²) >= 11 is 1.78. The molecule has 1 aliphatic carbocycles. The van der Waals surface area contributed by atoms with Gasteiger partial charge in [-0.2, -0.15) is 0 Å². The number of carbonyl (C=O) groups excluding carboxylic acids is 2. The first-order chi connectivity index (χ1) is 18.0. The molecule has 2 aromatic carbocycles. The quantitative estimate of drug-likeness (QED) is 0.0973. The molecule has 4 rings (SSSR count). The van der Waals surface area contributed by atoms with Crippen LogP contribution in [-0.2, 0) is 22.1 Å². The number of benzene rings is 2. The molecule has 0 aromatic heterocycles. The van der Waals surface area contributed by atoms with Gasteiger partial charge in [-0.25, -0.2) is 4.79 Å². The van der Waals surface area contributed by atoms with Crippen LogP contribution in [0.5, 0.6) is 5.75 Å². The van der Waals surface area contributed by atoms with Gasteiger partial charge < -0.3 is 28.1 Å². The highest BCUT2D eigenvalue weighted by molar-refractivity contribution is 14.1. The number of aryl methyl sites for hydroxylation is 1. The van der Waals surface area contributed by atoms with Gasteiger partial charge in [-0.15, -0.1) is 0 Å². The molecule has 37 heavy (non-hydrogen) atoms. The Balaban J connectivity index is 1.16. The largest absolute Gasteiger partial charge is 0.494 e. The molecular weight excluding hydrogens is 587 g/mol. The number of rotatable bonds is 12. The molecule has 1 saturated heterocycles. The minimum atomic E-state index is -0.945. The Labute approximate surface area is 231 Å². The van der Waals surface area contributed by atoms with Crippen LogP contribution in [0.15, 0.2) is 59.7 Å². The van der Waals surface area contributed by atoms with Gasteiger partial charge in [0.2, 0.25) is 0 Å². The molecule has 1 saturated carbocycles. The Morgan fingerprint density at radius 1 is 1.00 bits per heavy atom. The standard InChI is InChI=1S/C28H33IN2O6/c1-20-8-10-22(11-9-20)30-31-23-12-14-24(15-13-23)34-16-4-7-26(32)35-18-28(19-36-29)17-25(27(33)37-28)21-5-2-3-6-21/h8-15,30-31H,2-7,16-19H2,1H3. The van der Waals surface area contributed by atoms with Gasteiger partial charge in [-0.1, -0.05) is 23.3 Å². The molecule has 2 aliphatic rings. The Hall–Kier alpha value is -2.79. The van der Waals surface area contributed by atoms with Crippen LogP contribution < -0.4 is 15.6 Å². The summed E-state index contributed by atoms with van der Waals surface area (Å²) in [7, 11) is 0. The number of anilines is 2. The molecule has 198 valence electrons. The second kappa shape index (κ2) is 13.1. The van der Waals surface area contributed by atoms with E-state index < -0.39 is 5.60 Å². The Morgan fingerprint density at radius 2 is 1.65 bits per heavy atom. The third kappa shape index (κ3) is 7.85. The minimum absolute atomic E-state index is 0.0106. The number of allylic oxidation sites excluding steroid dienone is 1. The fourth-order valence-corrected chi connectivity index (χ4v) is 5.04. The average Bonchev–Trinajstić information content (AvgIpc) is 3.54. The first-order valence-electron chi connectivity index (χ1n) is 12.6. The third-order valence-electron chi connectivity index (χ3n) is 6.55. The lowest BCUT2D eigenvalue weighted by molar-refractivity contribution is -0.164. The van der Waals surface area contributed by atoms with Crippen molar-refractivity contribution >= 4 is 46.3 Å². The molecule has 0 spiro atoms. The SMILES string of the molecule is Cc1ccc(NNc2ccc(OCCCC(=O)OCC3(COI)CC(=C4CCCC4)C(=O)O3)cc2)cc1. The van der Waals surface area contributed by atoms with Crippen molar-refractivity contribution in [2.45, 2.75) is 57.5 Å². The molecule has 0 bridgehead atoms. The van der Waals surface area contributed by atoms with E-state index in [0.717, 1.165) is 48.4 Å². The highest BCUT2D eigenvalue weighted by atomic mass is 127. The first-order valence-corrected chi connectivity index (χ1v) is 13.5. The van der Waals surface area contributed by atoms with E-state index in [0.29, 0.717) is 19.4 Å². The van der Waals surface area contributed by atoms with Gasteiger partial charge in [-0.05, 0) is 75.4 Å². The highest BCUT2D eigenvalue weighted by Gasteiger charge is 2.46. The van der Waals surface area contributed by atoms with Crippen molar-refractivity contribution in [1.29, 1.82) is 0 Å². The predicted octanol–water partition coefficient (Wildman–Crippen LogP) is 6.06. The molecule has 2 aromatic rings. The molecule has 8 nitrogen and oxygen atoms in total. The number of ether oxygens (including phenoxy) is 3. The Bertz CT molecular complexity index is 1090. The molecule has 0 amide bonds. The summed E-state index contributed by atoms with van der Waals surface area (Å²) in [5.41, 5.74) is 10.4. The Kier molecular flexibility index (Phi) is 9.68. The van der Waals surface area contributed by atoms with Gasteiger partial charge in [0.05, 0.1) is 18.0 Å². The second-order valence-electron chi connectivity index (χ2n) is 9.55. The van der Waals surface area contributed by atoms with E-state index in [1.807, 2.05) is 48.5 Å². The number of esters is 2. The fraction of sp³-hybridized carbons (Fsp3) is 0.429. The predicted molar refractivity (Wildman–Crippen MR) is 149 cm³/mol. The van der Waals surface area contributed by atoms with Gasteiger partial charge in [0.25, 0.3) is 0 Å². The molecule has 2 fully saturated rings. The molecule has 0 radical (unpaired) electrons. The topological polar surface area (TPSA) is 95.1 Å². The van der Waals surface area contributed by atoms with Gasteiger partial charge in [0.15, 0.2) is 5.60 Å². The molecule has 1 unspecified atom stereocenters. The van der Waals surface area contributed by atoms with Crippen LogP contribution in [-0.4, -0.2) is 37.4 Å². The van der Waals surface area contributed by atoms with Crippen molar-refractivity contribution in [2.24, 2.45) is 0 Å². The van der Waals surface area contributed by atoms with Crippen LogP contribution in [0.25, 0.3) is 0 Å². The number of carbonyl (C=O) groups is 2. The highest BCUT2D eigenvalue weighted by Crippen LogP contribution is 2.38. The minimum Gasteiger partial charge on any atom is -0.494 e. The summed E-state index contributed by atoms with van der Waals surface area (Å²) in [6, 6.07) is 15.7. The maximum absolute atomic E-state index is 12.5. The normalized spacial score (nSPS) is 19.0. The number of hydrogen-bond acceptors (Lipinski definition) is 8. The Morgan fingerprint density at radius 3 is 2.30 bits per heavy atom. The van der Waals surface area contributed by atoms with E-state index in [9.17, 15) is 9.59 Å². The summed E-state index contributed by atoms with van der Waals surface area (Å²) in [4.78, 5) is 24.8. The van der Waals surface area contributed by atoms with Crippen molar-refractivity contribution in [2.75, 3.05) is 30.7 Å². The first kappa shape index (κ1) is 27.3. The van der Waals surface area contributed by atoms with Gasteiger partial charge >= 0.3 is 11.9 Å². The number of hydrogen-bond donors (Lipinski definition) is 2. The molecule has 1 heterocycles. The maximum Gasteiger partial charge on any atom is 0.334 e. The smallest absolute Gasteiger partial charge is 0.334 e. The van der Waals surface area contributed by atoms with Crippen molar-refractivity contribution in [3.8, 4) is 5.75 Å². The molecule has 1 aliphatic heterocycles. The number of halogens is 1. The lowest BCUT2D eigenvalue weighted by Gasteiger charge is -2.25. The van der Waals surface area contributed by atoms with Gasteiger partial charge in [0, 0.05) is 18.4 Å². The fourth-order valence-electron chi connectivity index (χ4n) is 4.47. The summed E-state index contributed by atoms with van der Waals surface area (Å²) in [5.74, 6) is 0.0656. The second-order valence-corrected chi connectivity index (χ2v) is 10.2. The van der Waals surface area contributed by atoms with Gasteiger partial charge in [-0.3, -0.25) is 4.79 Å². The van der Waals surface area contributed by atoms with Crippen molar-refractivity contribution in [3.63, 3.8) is 0 Å². The summed E-state index contributed by atoms with van der Waals surface area (Å²) in [6.45, 7) is 2.60. The van der Waals surface area contributed by atoms with Crippen LogP contribution in [0.2, 0.25) is 0 Å². The van der Waals surface area contributed by atoms with E-state index in [1.165, 1.54) is 11.1 Å². The van der Waals surface area contributed by atoms with Crippen LogP contribution in [0.4, 0.5) is 11.4 Å². The van der Waals surface area contributed by atoms with Crippen LogP contribution in [0.1, 0.15) is 50.5 Å².